The zero-order valence-corrected chi connectivity index (χ0v) is 15.2. The van der Waals surface area contributed by atoms with Crippen molar-refractivity contribution in [1.82, 2.24) is 20.4 Å². The molecule has 0 aliphatic carbocycles. The number of piperidine rings is 2. The Labute approximate surface area is 158 Å². The Morgan fingerprint density at radius 1 is 1.15 bits per heavy atom. The summed E-state index contributed by atoms with van der Waals surface area (Å²) in [7, 11) is 0. The molecule has 3 fully saturated rings. The van der Waals surface area contributed by atoms with Crippen LogP contribution < -0.4 is 10.6 Å². The van der Waals surface area contributed by atoms with Crippen LogP contribution in [0.25, 0.3) is 0 Å². The highest BCUT2D eigenvalue weighted by atomic mass is 16.2. The first-order valence-electron chi connectivity index (χ1n) is 9.81. The topological polar surface area (TPSA) is 81.8 Å². The number of fused-ring (bicyclic) bond motifs is 2. The van der Waals surface area contributed by atoms with Crippen LogP contribution in [0.1, 0.15) is 40.7 Å². The van der Waals surface area contributed by atoms with Crippen molar-refractivity contribution in [3.8, 4) is 0 Å². The fourth-order valence-electron chi connectivity index (χ4n) is 4.91. The summed E-state index contributed by atoms with van der Waals surface area (Å²) in [5.74, 6) is 0.0452. The molecule has 0 saturated carbocycles. The smallest absolute Gasteiger partial charge is 0.255 e. The lowest BCUT2D eigenvalue weighted by molar-refractivity contribution is -0.136. The number of amides is 3. The zero-order chi connectivity index (χ0) is 18.5. The molecule has 3 saturated heterocycles. The molecule has 5 rings (SSSR count). The predicted octanol–water partition coefficient (Wildman–Crippen LogP) is 0.241. The van der Waals surface area contributed by atoms with Gasteiger partial charge in [-0.1, -0.05) is 12.1 Å². The number of hydrogen-bond donors (Lipinski definition) is 2. The van der Waals surface area contributed by atoms with E-state index in [0.717, 1.165) is 37.7 Å². The van der Waals surface area contributed by atoms with Crippen LogP contribution in [-0.2, 0) is 22.7 Å². The fraction of sp³-hybridized carbons (Fsp3) is 0.550. The maximum Gasteiger partial charge on any atom is 0.255 e. The first-order chi connectivity index (χ1) is 13.1. The van der Waals surface area contributed by atoms with Gasteiger partial charge >= 0.3 is 0 Å². The lowest BCUT2D eigenvalue weighted by Gasteiger charge is -2.46. The van der Waals surface area contributed by atoms with Crippen LogP contribution >= 0.6 is 0 Å². The van der Waals surface area contributed by atoms with Crippen molar-refractivity contribution in [3.63, 3.8) is 0 Å². The van der Waals surface area contributed by atoms with E-state index in [-0.39, 0.29) is 24.1 Å². The minimum absolute atomic E-state index is 0.0942. The highest BCUT2D eigenvalue weighted by Gasteiger charge is 2.40. The van der Waals surface area contributed by atoms with Crippen LogP contribution in [0.15, 0.2) is 18.2 Å². The highest BCUT2D eigenvalue weighted by molar-refractivity contribution is 6.05. The molecule has 27 heavy (non-hydrogen) atoms. The highest BCUT2D eigenvalue weighted by Crippen LogP contribution is 2.31. The molecule has 4 aliphatic heterocycles. The summed E-state index contributed by atoms with van der Waals surface area (Å²) < 4.78 is 0. The molecule has 3 atom stereocenters. The first-order valence-corrected chi connectivity index (χ1v) is 9.81. The van der Waals surface area contributed by atoms with E-state index >= 15 is 0 Å². The van der Waals surface area contributed by atoms with Crippen LogP contribution in [0.4, 0.5) is 0 Å². The third kappa shape index (κ3) is 2.85. The number of nitrogens with one attached hydrogen (secondary N) is 2. The van der Waals surface area contributed by atoms with Gasteiger partial charge in [-0.2, -0.15) is 0 Å². The second-order valence-electron chi connectivity index (χ2n) is 8.14. The molecule has 7 heteroatoms. The molecule has 4 aliphatic rings. The normalized spacial score (nSPS) is 30.6. The number of benzene rings is 1. The van der Waals surface area contributed by atoms with E-state index in [1.54, 1.807) is 4.90 Å². The van der Waals surface area contributed by atoms with E-state index in [0.29, 0.717) is 24.6 Å². The van der Waals surface area contributed by atoms with Crippen LogP contribution in [0.3, 0.4) is 0 Å². The predicted molar refractivity (Wildman–Crippen MR) is 97.7 cm³/mol. The Morgan fingerprint density at radius 3 is 2.78 bits per heavy atom. The quantitative estimate of drug-likeness (QED) is 0.747. The van der Waals surface area contributed by atoms with Gasteiger partial charge in [-0.3, -0.25) is 24.6 Å². The standard InChI is InChI=1S/C20H24N4O3/c25-18-5-4-17(19(26)22-18)24-11-15-12(2-1-3-14(15)20(24)27)9-23-7-6-16-13(10-23)8-21-16/h1-3,13,16-17,21H,4-11H2,(H,22,25,26)/t13-,16+,17?/m1/s1. The Balaban J connectivity index is 1.34. The summed E-state index contributed by atoms with van der Waals surface area (Å²) in [4.78, 5) is 40.7. The van der Waals surface area contributed by atoms with Gasteiger partial charge in [0.05, 0.1) is 0 Å². The number of carbonyl (C=O) groups is 3. The molecule has 1 aromatic carbocycles. The van der Waals surface area contributed by atoms with Crippen molar-refractivity contribution in [2.24, 2.45) is 5.92 Å². The number of likely N-dealkylation sites (tertiary alicyclic amines) is 1. The van der Waals surface area contributed by atoms with Crippen molar-refractivity contribution >= 4 is 17.7 Å². The number of carbonyl (C=O) groups excluding carboxylic acids is 3. The van der Waals surface area contributed by atoms with Gasteiger partial charge < -0.3 is 10.2 Å². The van der Waals surface area contributed by atoms with E-state index in [9.17, 15) is 14.4 Å². The second-order valence-corrected chi connectivity index (χ2v) is 8.14. The molecule has 1 unspecified atom stereocenters. The molecule has 142 valence electrons. The molecule has 0 spiro atoms. The zero-order valence-electron chi connectivity index (χ0n) is 15.2. The lowest BCUT2D eigenvalue weighted by atomic mass is 9.85. The van der Waals surface area contributed by atoms with Crippen LogP contribution in [-0.4, -0.2) is 59.2 Å². The van der Waals surface area contributed by atoms with Gasteiger partial charge in [0.2, 0.25) is 11.8 Å². The van der Waals surface area contributed by atoms with Crippen molar-refractivity contribution in [2.75, 3.05) is 19.6 Å². The summed E-state index contributed by atoms with van der Waals surface area (Å²) in [5, 5.41) is 5.85. The minimum atomic E-state index is -0.549. The lowest BCUT2D eigenvalue weighted by Crippen LogP contribution is -2.61. The maximum absolute atomic E-state index is 12.9. The molecule has 2 N–H and O–H groups in total. The fourth-order valence-corrected chi connectivity index (χ4v) is 4.91. The Bertz CT molecular complexity index is 823. The molecule has 4 heterocycles. The number of imide groups is 1. The van der Waals surface area contributed by atoms with Crippen molar-refractivity contribution in [3.05, 3.63) is 34.9 Å². The molecular weight excluding hydrogens is 344 g/mol. The monoisotopic (exact) mass is 368 g/mol. The van der Waals surface area contributed by atoms with E-state index in [1.807, 2.05) is 12.1 Å². The van der Waals surface area contributed by atoms with Gasteiger partial charge in [0.1, 0.15) is 6.04 Å². The van der Waals surface area contributed by atoms with Crippen LogP contribution in [0, 0.1) is 5.92 Å². The SMILES string of the molecule is O=C1CCC(N2Cc3c(CN4CC[C@@H]5NC[C@@H]5C4)cccc3C2=O)C(=O)N1. The largest absolute Gasteiger partial charge is 0.322 e. The summed E-state index contributed by atoms with van der Waals surface area (Å²) in [5.41, 5.74) is 2.93. The summed E-state index contributed by atoms with van der Waals surface area (Å²) in [6.45, 7) is 4.59. The minimum Gasteiger partial charge on any atom is -0.322 e. The molecular formula is C20H24N4O3. The van der Waals surface area contributed by atoms with Gasteiger partial charge in [-0.25, -0.2) is 0 Å². The summed E-state index contributed by atoms with van der Waals surface area (Å²) in [6, 6.07) is 6.04. The van der Waals surface area contributed by atoms with Crippen LogP contribution in [0.5, 0.6) is 0 Å². The van der Waals surface area contributed by atoms with E-state index in [4.69, 9.17) is 0 Å². The molecule has 0 radical (unpaired) electrons. The second kappa shape index (κ2) is 6.42. The van der Waals surface area contributed by atoms with Crippen molar-refractivity contribution in [1.29, 1.82) is 0 Å². The third-order valence-electron chi connectivity index (χ3n) is 6.53. The number of nitrogens with zero attached hydrogens (tertiary/aromatic N) is 2. The molecule has 7 nitrogen and oxygen atoms in total. The molecule has 1 aromatic rings. The maximum atomic E-state index is 12.9. The van der Waals surface area contributed by atoms with Gasteiger partial charge in [-0.15, -0.1) is 0 Å². The Morgan fingerprint density at radius 2 is 2.04 bits per heavy atom. The Hall–Kier alpha value is -2.25. The van der Waals surface area contributed by atoms with E-state index in [1.165, 1.54) is 12.0 Å². The Kier molecular flexibility index (Phi) is 4.02. The van der Waals surface area contributed by atoms with E-state index in [2.05, 4.69) is 21.6 Å². The average molecular weight is 368 g/mol. The van der Waals surface area contributed by atoms with Gasteiger partial charge in [-0.05, 0) is 42.5 Å². The van der Waals surface area contributed by atoms with Crippen LogP contribution in [0.2, 0.25) is 0 Å². The number of hydrogen-bond acceptors (Lipinski definition) is 5. The molecule has 0 aromatic heterocycles. The van der Waals surface area contributed by atoms with E-state index < -0.39 is 6.04 Å². The number of rotatable bonds is 3. The average Bonchev–Trinajstić information content (AvgIpc) is 2.95. The van der Waals surface area contributed by atoms with Gasteiger partial charge in [0.15, 0.2) is 0 Å². The van der Waals surface area contributed by atoms with Gasteiger partial charge in [0.25, 0.3) is 5.91 Å². The summed E-state index contributed by atoms with van der Waals surface area (Å²) in [6.07, 6.45) is 1.87. The third-order valence-corrected chi connectivity index (χ3v) is 6.53. The first kappa shape index (κ1) is 16.9. The molecule has 3 amide bonds. The van der Waals surface area contributed by atoms with Gasteiger partial charge in [0, 0.05) is 44.2 Å². The van der Waals surface area contributed by atoms with Crippen molar-refractivity contribution < 1.29 is 14.4 Å². The molecule has 0 bridgehead atoms. The summed E-state index contributed by atoms with van der Waals surface area (Å²) >= 11 is 0. The van der Waals surface area contributed by atoms with Crippen molar-refractivity contribution in [2.45, 2.75) is 44.4 Å².